The standard InChI is InChI=1S/C26H36FN5O2Si/c1-26(2,3)35(5,6)34-19-20-9-7-10-23(24(20)27)21-17-29-25(30-18-21)32-14-11-22(12-15-32)31-33-16-8-13-28-4/h7,9-10,17-18H,8,11-16,19H2,1-3,5-6H3. The molecular formula is C26H36FN5O2Si. The predicted molar refractivity (Wildman–Crippen MR) is 140 cm³/mol. The molecule has 1 aromatic carbocycles. The van der Waals surface area contributed by atoms with Gasteiger partial charge in [-0.05, 0) is 18.1 Å². The lowest BCUT2D eigenvalue weighted by atomic mass is 10.1. The molecule has 1 aliphatic rings. The number of piperidine rings is 1. The molecule has 0 spiro atoms. The molecule has 0 amide bonds. The Balaban J connectivity index is 1.61. The summed E-state index contributed by atoms with van der Waals surface area (Å²) in [6.45, 7) is 20.3. The largest absolute Gasteiger partial charge is 0.412 e. The number of oxime groups is 1. The molecule has 1 aromatic heterocycles. The lowest BCUT2D eigenvalue weighted by molar-refractivity contribution is 0.143. The van der Waals surface area contributed by atoms with Crippen LogP contribution in [-0.4, -0.2) is 50.2 Å². The van der Waals surface area contributed by atoms with Gasteiger partial charge in [0.15, 0.2) is 8.32 Å². The molecule has 7 nitrogen and oxygen atoms in total. The van der Waals surface area contributed by atoms with E-state index in [0.29, 0.717) is 42.2 Å². The quantitative estimate of drug-likeness (QED) is 0.182. The molecule has 0 N–H and O–H groups in total. The van der Waals surface area contributed by atoms with Crippen molar-refractivity contribution in [3.63, 3.8) is 0 Å². The first-order valence-corrected chi connectivity index (χ1v) is 15.0. The molecule has 0 unspecified atom stereocenters. The molecule has 188 valence electrons. The number of halogens is 1. The number of aromatic nitrogens is 2. The Morgan fingerprint density at radius 2 is 1.86 bits per heavy atom. The van der Waals surface area contributed by atoms with Crippen molar-refractivity contribution in [3.05, 3.63) is 53.4 Å². The molecule has 3 rings (SSSR count). The van der Waals surface area contributed by atoms with Gasteiger partial charge in [0.1, 0.15) is 12.4 Å². The van der Waals surface area contributed by atoms with Crippen LogP contribution in [0.1, 0.15) is 45.6 Å². The Morgan fingerprint density at radius 1 is 1.17 bits per heavy atom. The van der Waals surface area contributed by atoms with Crippen molar-refractivity contribution in [3.8, 4) is 11.1 Å². The summed E-state index contributed by atoms with van der Waals surface area (Å²) in [5.74, 6) is 0.349. The molecule has 2 aromatic rings. The third-order valence-electron chi connectivity index (χ3n) is 6.75. The zero-order valence-corrected chi connectivity index (χ0v) is 22.5. The number of anilines is 1. The van der Waals surface area contributed by atoms with Crippen molar-refractivity contribution in [1.29, 1.82) is 0 Å². The highest BCUT2D eigenvalue weighted by Gasteiger charge is 2.37. The van der Waals surface area contributed by atoms with Crippen LogP contribution >= 0.6 is 0 Å². The van der Waals surface area contributed by atoms with Gasteiger partial charge in [-0.2, -0.15) is 0 Å². The molecular weight excluding hydrogens is 461 g/mol. The molecule has 0 saturated carbocycles. The van der Waals surface area contributed by atoms with Crippen LogP contribution in [0.4, 0.5) is 10.3 Å². The van der Waals surface area contributed by atoms with Crippen molar-refractivity contribution >= 4 is 20.0 Å². The van der Waals surface area contributed by atoms with Crippen LogP contribution in [0.2, 0.25) is 18.1 Å². The maximum atomic E-state index is 15.3. The highest BCUT2D eigenvalue weighted by Crippen LogP contribution is 2.37. The van der Waals surface area contributed by atoms with E-state index in [1.54, 1.807) is 24.5 Å². The second-order valence-electron chi connectivity index (χ2n) is 10.3. The van der Waals surface area contributed by atoms with E-state index in [4.69, 9.17) is 15.8 Å². The molecule has 0 atom stereocenters. The van der Waals surface area contributed by atoms with E-state index in [1.807, 2.05) is 6.07 Å². The molecule has 9 heteroatoms. The average molecular weight is 498 g/mol. The lowest BCUT2D eigenvalue weighted by Gasteiger charge is -2.36. The van der Waals surface area contributed by atoms with Crippen LogP contribution in [0.15, 0.2) is 35.7 Å². The number of rotatable bonds is 9. The SMILES string of the molecule is [C-]#[N+]CCCON=C1CCN(c2ncc(-c3cccc(CO[Si](C)(C)C(C)(C)C)c3F)cn2)CC1. The Kier molecular flexibility index (Phi) is 8.97. The van der Waals surface area contributed by atoms with Gasteiger partial charge < -0.3 is 19.0 Å². The van der Waals surface area contributed by atoms with E-state index in [0.717, 1.165) is 31.6 Å². The van der Waals surface area contributed by atoms with Gasteiger partial charge in [-0.15, -0.1) is 0 Å². The van der Waals surface area contributed by atoms with Crippen LogP contribution in [0.5, 0.6) is 0 Å². The first-order chi connectivity index (χ1) is 16.6. The van der Waals surface area contributed by atoms with Gasteiger partial charge in [-0.3, -0.25) is 0 Å². The van der Waals surface area contributed by atoms with Gasteiger partial charge in [-0.25, -0.2) is 20.9 Å². The summed E-state index contributed by atoms with van der Waals surface area (Å²) in [5, 5.41) is 4.26. The highest BCUT2D eigenvalue weighted by molar-refractivity contribution is 6.74. The van der Waals surface area contributed by atoms with E-state index in [2.05, 4.69) is 58.7 Å². The molecule has 0 radical (unpaired) electrons. The van der Waals surface area contributed by atoms with Gasteiger partial charge in [0.05, 0.1) is 18.7 Å². The van der Waals surface area contributed by atoms with Gasteiger partial charge in [0.2, 0.25) is 12.5 Å². The predicted octanol–water partition coefficient (Wildman–Crippen LogP) is 6.09. The highest BCUT2D eigenvalue weighted by atomic mass is 28.4. The molecule has 1 aliphatic heterocycles. The fourth-order valence-electron chi connectivity index (χ4n) is 3.41. The van der Waals surface area contributed by atoms with E-state index in [1.165, 1.54) is 0 Å². The van der Waals surface area contributed by atoms with Crippen molar-refractivity contribution in [2.75, 3.05) is 31.1 Å². The minimum Gasteiger partial charge on any atom is -0.412 e. The summed E-state index contributed by atoms with van der Waals surface area (Å²) in [6.07, 6.45) is 5.62. The maximum absolute atomic E-state index is 15.3. The van der Waals surface area contributed by atoms with Gasteiger partial charge in [0, 0.05) is 55.0 Å². The zero-order chi connectivity index (χ0) is 25.5. The summed E-state index contributed by atoms with van der Waals surface area (Å²) in [6, 6.07) is 5.39. The molecule has 0 aliphatic carbocycles. The fourth-order valence-corrected chi connectivity index (χ4v) is 4.36. The summed E-state index contributed by atoms with van der Waals surface area (Å²) >= 11 is 0. The monoisotopic (exact) mass is 497 g/mol. The second-order valence-corrected chi connectivity index (χ2v) is 15.1. The minimum atomic E-state index is -1.98. The third-order valence-corrected chi connectivity index (χ3v) is 11.2. The number of hydrogen-bond acceptors (Lipinski definition) is 6. The average Bonchev–Trinajstić information content (AvgIpc) is 2.83. The van der Waals surface area contributed by atoms with Crippen LogP contribution in [0.3, 0.4) is 0 Å². The van der Waals surface area contributed by atoms with Crippen molar-refractivity contribution in [2.45, 2.75) is 64.8 Å². The van der Waals surface area contributed by atoms with E-state index in [-0.39, 0.29) is 17.5 Å². The Labute approximate surface area is 209 Å². The topological polar surface area (TPSA) is 64.2 Å². The summed E-state index contributed by atoms with van der Waals surface area (Å²) in [5.41, 5.74) is 2.69. The van der Waals surface area contributed by atoms with E-state index < -0.39 is 8.32 Å². The lowest BCUT2D eigenvalue weighted by Crippen LogP contribution is -2.40. The maximum Gasteiger partial charge on any atom is 0.225 e. The van der Waals surface area contributed by atoms with Crippen LogP contribution in [-0.2, 0) is 15.9 Å². The number of benzene rings is 1. The Hall–Kier alpha value is -2.83. The van der Waals surface area contributed by atoms with Crippen LogP contribution < -0.4 is 4.90 Å². The molecule has 2 heterocycles. The van der Waals surface area contributed by atoms with Crippen LogP contribution in [0, 0.1) is 12.4 Å². The first kappa shape index (κ1) is 26.8. The molecule has 1 saturated heterocycles. The zero-order valence-electron chi connectivity index (χ0n) is 21.5. The van der Waals surface area contributed by atoms with Crippen molar-refractivity contribution in [1.82, 2.24) is 9.97 Å². The molecule has 1 fully saturated rings. The normalized spacial score (nSPS) is 14.5. The minimum absolute atomic E-state index is 0.0673. The molecule has 35 heavy (non-hydrogen) atoms. The van der Waals surface area contributed by atoms with Crippen molar-refractivity contribution in [2.24, 2.45) is 5.16 Å². The summed E-state index contributed by atoms with van der Waals surface area (Å²) in [4.78, 5) is 19.7. The second kappa shape index (κ2) is 11.7. The van der Waals surface area contributed by atoms with Gasteiger partial charge in [0.25, 0.3) is 0 Å². The van der Waals surface area contributed by atoms with Crippen molar-refractivity contribution < 1.29 is 13.7 Å². The summed E-state index contributed by atoms with van der Waals surface area (Å²) in [7, 11) is -1.98. The summed E-state index contributed by atoms with van der Waals surface area (Å²) < 4.78 is 21.6. The third kappa shape index (κ3) is 7.09. The number of nitrogens with zero attached hydrogens (tertiary/aromatic N) is 5. The van der Waals surface area contributed by atoms with Gasteiger partial charge in [-0.1, -0.05) is 44.1 Å². The number of hydrogen-bond donors (Lipinski definition) is 0. The Bertz CT molecular complexity index is 1050. The van der Waals surface area contributed by atoms with E-state index in [9.17, 15) is 0 Å². The fraction of sp³-hybridized carbons (Fsp3) is 0.538. The Morgan fingerprint density at radius 3 is 2.49 bits per heavy atom. The first-order valence-electron chi connectivity index (χ1n) is 12.1. The smallest absolute Gasteiger partial charge is 0.225 e. The van der Waals surface area contributed by atoms with Crippen LogP contribution in [0.25, 0.3) is 16.0 Å². The molecule has 0 bridgehead atoms. The van der Waals surface area contributed by atoms with E-state index >= 15 is 4.39 Å². The van der Waals surface area contributed by atoms with Gasteiger partial charge >= 0.3 is 0 Å².